The second kappa shape index (κ2) is 7.66. The van der Waals surface area contributed by atoms with Crippen LogP contribution < -0.4 is 9.47 Å². The van der Waals surface area contributed by atoms with Crippen LogP contribution in [0.1, 0.15) is 19.8 Å². The summed E-state index contributed by atoms with van der Waals surface area (Å²) in [6.07, 6.45) is 0.107. The van der Waals surface area contributed by atoms with Gasteiger partial charge in [0.05, 0.1) is 6.61 Å². The van der Waals surface area contributed by atoms with Crippen molar-refractivity contribution in [1.82, 2.24) is 0 Å². The van der Waals surface area contributed by atoms with E-state index in [2.05, 4.69) is 4.74 Å². The van der Waals surface area contributed by atoms with E-state index in [0.29, 0.717) is 6.08 Å². The highest BCUT2D eigenvalue weighted by Crippen LogP contribution is 2.27. The topological polar surface area (TPSA) is 18.5 Å². The average molecular weight is 278 g/mol. The van der Waals surface area contributed by atoms with Gasteiger partial charge in [-0.25, -0.2) is 0 Å². The lowest BCUT2D eigenvalue weighted by molar-refractivity contribution is 0.279. The van der Waals surface area contributed by atoms with Crippen LogP contribution in [0.15, 0.2) is 24.3 Å². The molecule has 0 fully saturated rings. The van der Waals surface area contributed by atoms with Gasteiger partial charge in [-0.05, 0) is 18.6 Å². The molecule has 0 aliphatic heterocycles. The molecule has 0 bridgehead atoms. The van der Waals surface area contributed by atoms with E-state index in [-0.39, 0.29) is 12.4 Å². The summed E-state index contributed by atoms with van der Waals surface area (Å²) in [5, 5.41) is 0. The monoisotopic (exact) mass is 278 g/mol. The smallest absolute Gasteiger partial charge is 0.269 e. The van der Waals surface area contributed by atoms with Gasteiger partial charge >= 0.3 is 0 Å². The quantitative estimate of drug-likeness (QED) is 0.547. The molecule has 0 heterocycles. The van der Waals surface area contributed by atoms with Gasteiger partial charge in [0.2, 0.25) is 11.6 Å². The van der Waals surface area contributed by atoms with E-state index in [1.165, 1.54) is 6.07 Å². The van der Waals surface area contributed by atoms with E-state index < -0.39 is 30.1 Å². The summed E-state index contributed by atoms with van der Waals surface area (Å²) < 4.78 is 60.3. The molecule has 1 aromatic rings. The lowest BCUT2D eigenvalue weighted by Crippen LogP contribution is -2.03. The molecule has 106 valence electrons. The Labute approximate surface area is 108 Å². The Morgan fingerprint density at radius 2 is 1.68 bits per heavy atom. The van der Waals surface area contributed by atoms with Crippen molar-refractivity contribution in [2.24, 2.45) is 0 Å². The normalized spacial score (nSPS) is 10.2. The van der Waals surface area contributed by atoms with Crippen LogP contribution in [0, 0.1) is 11.6 Å². The van der Waals surface area contributed by atoms with Gasteiger partial charge < -0.3 is 9.47 Å². The van der Waals surface area contributed by atoms with E-state index in [0.717, 1.165) is 18.9 Å². The highest BCUT2D eigenvalue weighted by Gasteiger charge is 2.15. The Balaban J connectivity index is 2.71. The lowest BCUT2D eigenvalue weighted by atomic mass is 10.3. The molecule has 2 nitrogen and oxygen atoms in total. The van der Waals surface area contributed by atoms with E-state index >= 15 is 0 Å². The number of ether oxygens (including phenoxy) is 2. The molecule has 19 heavy (non-hydrogen) atoms. The largest absolute Gasteiger partial charge is 0.490 e. The maximum atomic E-state index is 13.5. The van der Waals surface area contributed by atoms with Crippen molar-refractivity contribution in [3.8, 4) is 11.5 Å². The molecule has 0 radical (unpaired) electrons. The fourth-order valence-corrected chi connectivity index (χ4v) is 1.26. The number of benzene rings is 1. The number of hydrogen-bond acceptors (Lipinski definition) is 2. The fourth-order valence-electron chi connectivity index (χ4n) is 1.26. The molecule has 0 aliphatic carbocycles. The minimum Gasteiger partial charge on any atom is -0.490 e. The van der Waals surface area contributed by atoms with Gasteiger partial charge in [-0.3, -0.25) is 0 Å². The van der Waals surface area contributed by atoms with Crippen molar-refractivity contribution in [3.63, 3.8) is 0 Å². The van der Waals surface area contributed by atoms with Gasteiger partial charge in [0.15, 0.2) is 11.5 Å². The number of unbranched alkanes of at least 4 members (excludes halogenated alkanes) is 1. The molecular weight excluding hydrogens is 264 g/mol. The average Bonchev–Trinajstić information content (AvgIpc) is 2.37. The minimum absolute atomic E-state index is 0.217. The van der Waals surface area contributed by atoms with E-state index in [9.17, 15) is 17.6 Å². The lowest BCUT2D eigenvalue weighted by Gasteiger charge is -2.10. The van der Waals surface area contributed by atoms with Crippen molar-refractivity contribution in [2.45, 2.75) is 19.8 Å². The first kappa shape index (κ1) is 15.3. The number of hydrogen-bond donors (Lipinski definition) is 0. The Morgan fingerprint density at radius 1 is 1.11 bits per heavy atom. The van der Waals surface area contributed by atoms with Gasteiger partial charge in [0, 0.05) is 6.08 Å². The molecule has 1 rings (SSSR count). The van der Waals surface area contributed by atoms with Crippen molar-refractivity contribution in [2.75, 3.05) is 13.2 Å². The summed E-state index contributed by atoms with van der Waals surface area (Å²) in [6.45, 7) is 1.69. The Bertz CT molecular complexity index is 443. The second-order valence-electron chi connectivity index (χ2n) is 3.70. The van der Waals surface area contributed by atoms with Crippen molar-refractivity contribution < 1.29 is 27.0 Å². The first-order valence-corrected chi connectivity index (χ1v) is 5.81. The van der Waals surface area contributed by atoms with Gasteiger partial charge in [0.25, 0.3) is 6.08 Å². The molecule has 0 N–H and O–H groups in total. The fraction of sp³-hybridized carbons (Fsp3) is 0.385. The molecule has 0 aliphatic rings. The zero-order chi connectivity index (χ0) is 14.3. The van der Waals surface area contributed by atoms with E-state index in [4.69, 9.17) is 4.74 Å². The molecule has 0 saturated heterocycles. The zero-order valence-corrected chi connectivity index (χ0v) is 10.4. The number of halogens is 4. The summed E-state index contributed by atoms with van der Waals surface area (Å²) in [5.41, 5.74) is 0. The van der Waals surface area contributed by atoms with Crippen LogP contribution in [-0.2, 0) is 0 Å². The van der Waals surface area contributed by atoms with Crippen molar-refractivity contribution in [3.05, 3.63) is 35.9 Å². The summed E-state index contributed by atoms with van der Waals surface area (Å²) in [4.78, 5) is 0. The van der Waals surface area contributed by atoms with Crippen LogP contribution in [0.25, 0.3) is 0 Å². The number of rotatable bonds is 7. The summed E-state index contributed by atoms with van der Waals surface area (Å²) in [5.74, 6) is -3.08. The first-order valence-electron chi connectivity index (χ1n) is 5.81. The molecule has 0 amide bonds. The molecule has 1 aromatic carbocycles. The maximum absolute atomic E-state index is 13.5. The van der Waals surface area contributed by atoms with Crippen molar-refractivity contribution in [1.29, 1.82) is 0 Å². The maximum Gasteiger partial charge on any atom is 0.269 e. The predicted molar refractivity (Wildman–Crippen MR) is 62.6 cm³/mol. The Morgan fingerprint density at radius 3 is 2.21 bits per heavy atom. The predicted octanol–water partition coefficient (Wildman–Crippen LogP) is 4.30. The molecular formula is C13H14F4O2. The third kappa shape index (κ3) is 4.81. The molecule has 0 spiro atoms. The van der Waals surface area contributed by atoms with Gasteiger partial charge in [-0.15, -0.1) is 0 Å². The molecule has 0 saturated carbocycles. The highest BCUT2D eigenvalue weighted by atomic mass is 19.3. The third-order valence-corrected chi connectivity index (χ3v) is 2.24. The second-order valence-corrected chi connectivity index (χ2v) is 3.70. The molecule has 6 heteroatoms. The van der Waals surface area contributed by atoms with E-state index in [1.54, 1.807) is 0 Å². The van der Waals surface area contributed by atoms with Gasteiger partial charge in [0.1, 0.15) is 6.61 Å². The molecule has 0 unspecified atom stereocenters. The van der Waals surface area contributed by atoms with Crippen LogP contribution in [0.5, 0.6) is 11.5 Å². The van der Waals surface area contributed by atoms with E-state index in [1.807, 2.05) is 6.92 Å². The van der Waals surface area contributed by atoms with Gasteiger partial charge in [-0.2, -0.15) is 17.6 Å². The summed E-state index contributed by atoms with van der Waals surface area (Å²) in [6, 6.07) is 2.35. The molecule has 0 atom stereocenters. The standard InChI is InChI=1S/C13H14F4O2/c1-2-3-7-18-9-4-5-10(13(17)12(9)16)19-8-6-11(14)15/h4-6H,2-3,7-8H2,1H3. The van der Waals surface area contributed by atoms with Crippen LogP contribution in [0.2, 0.25) is 0 Å². The minimum atomic E-state index is -1.94. The van der Waals surface area contributed by atoms with Crippen LogP contribution in [-0.4, -0.2) is 13.2 Å². The third-order valence-electron chi connectivity index (χ3n) is 2.24. The first-order chi connectivity index (χ1) is 9.06. The van der Waals surface area contributed by atoms with Crippen LogP contribution in [0.4, 0.5) is 17.6 Å². The SMILES string of the molecule is CCCCOc1ccc(OCC=C(F)F)c(F)c1F. The zero-order valence-electron chi connectivity index (χ0n) is 10.4. The van der Waals surface area contributed by atoms with Crippen LogP contribution >= 0.6 is 0 Å². The Kier molecular flexibility index (Phi) is 6.18. The van der Waals surface area contributed by atoms with Crippen LogP contribution in [0.3, 0.4) is 0 Å². The summed E-state index contributed by atoms with van der Waals surface area (Å²) >= 11 is 0. The Hall–Kier alpha value is -1.72. The molecule has 0 aromatic heterocycles. The van der Waals surface area contributed by atoms with Crippen molar-refractivity contribution >= 4 is 0 Å². The summed E-state index contributed by atoms with van der Waals surface area (Å²) in [7, 11) is 0. The highest BCUT2D eigenvalue weighted by molar-refractivity contribution is 5.35. The van der Waals surface area contributed by atoms with Gasteiger partial charge in [-0.1, -0.05) is 13.3 Å².